The van der Waals surface area contributed by atoms with E-state index in [2.05, 4.69) is 39.2 Å². The topological polar surface area (TPSA) is 56.1 Å². The molecule has 2 aromatic heterocycles. The van der Waals surface area contributed by atoms with E-state index in [0.717, 1.165) is 45.7 Å². The lowest BCUT2D eigenvalue weighted by atomic mass is 10.0. The van der Waals surface area contributed by atoms with Crippen molar-refractivity contribution < 1.29 is 4.18 Å². The number of hydrogen-bond acceptors (Lipinski definition) is 6. The van der Waals surface area contributed by atoms with Crippen molar-refractivity contribution in [3.05, 3.63) is 61.1 Å². The van der Waals surface area contributed by atoms with E-state index in [-0.39, 0.29) is 0 Å². The Morgan fingerprint density at radius 3 is 2.52 bits per heavy atom. The molecule has 0 spiro atoms. The minimum Gasteiger partial charge on any atom is -0.334 e. The van der Waals surface area contributed by atoms with Gasteiger partial charge in [-0.15, -0.1) is 0 Å². The van der Waals surface area contributed by atoms with Crippen molar-refractivity contribution >= 4 is 34.6 Å². The third-order valence-electron chi connectivity index (χ3n) is 4.41. The van der Waals surface area contributed by atoms with Crippen molar-refractivity contribution in [2.24, 2.45) is 7.05 Å². The van der Waals surface area contributed by atoms with Crippen LogP contribution in [0, 0.1) is 0 Å². The van der Waals surface area contributed by atoms with E-state index in [0.29, 0.717) is 5.16 Å². The summed E-state index contributed by atoms with van der Waals surface area (Å²) >= 11 is 1.15. The Hall–Kier alpha value is -2.90. The molecule has 2 heterocycles. The molecule has 29 heavy (non-hydrogen) atoms. The fourth-order valence-electron chi connectivity index (χ4n) is 3.01. The molecule has 0 amide bonds. The zero-order valence-electron chi connectivity index (χ0n) is 17.3. The average molecular weight is 408 g/mol. The number of nitrogens with zero attached hydrogens (tertiary/aromatic N) is 5. The second-order valence-corrected chi connectivity index (χ2v) is 6.95. The summed E-state index contributed by atoms with van der Waals surface area (Å²) in [4.78, 5) is 15.4. The normalized spacial score (nSPS) is 10.5. The SMILES string of the molecule is CC.COSc1nccc(N(C)c2cc(-c3ccccc3)c3ncn(C)c3c2)n1. The third-order valence-corrected chi connectivity index (χ3v) is 4.92. The Bertz CT molecular complexity index is 1080. The predicted molar refractivity (Wildman–Crippen MR) is 120 cm³/mol. The third kappa shape index (κ3) is 4.41. The molecule has 0 atom stereocenters. The maximum Gasteiger partial charge on any atom is 0.217 e. The van der Waals surface area contributed by atoms with Gasteiger partial charge in [-0.3, -0.25) is 0 Å². The first-order valence-corrected chi connectivity index (χ1v) is 10.2. The lowest BCUT2D eigenvalue weighted by Crippen LogP contribution is -2.12. The Balaban J connectivity index is 0.00000117. The smallest absolute Gasteiger partial charge is 0.217 e. The van der Waals surface area contributed by atoms with Crippen LogP contribution in [0.1, 0.15) is 13.8 Å². The van der Waals surface area contributed by atoms with Crippen LogP contribution in [0.3, 0.4) is 0 Å². The monoisotopic (exact) mass is 407 g/mol. The number of fused-ring (bicyclic) bond motifs is 1. The summed E-state index contributed by atoms with van der Waals surface area (Å²) in [6.07, 6.45) is 3.58. The number of aryl methyl sites for hydroxylation is 1. The number of aromatic nitrogens is 4. The predicted octanol–water partition coefficient (Wildman–Crippen LogP) is 5.48. The largest absolute Gasteiger partial charge is 0.334 e. The van der Waals surface area contributed by atoms with E-state index in [1.54, 1.807) is 13.3 Å². The zero-order valence-corrected chi connectivity index (χ0v) is 18.1. The Labute approximate surface area is 175 Å². The Kier molecular flexibility index (Phi) is 6.85. The molecular formula is C22H25N5OS. The van der Waals surface area contributed by atoms with Crippen LogP contribution in [0.25, 0.3) is 22.2 Å². The van der Waals surface area contributed by atoms with Gasteiger partial charge in [0.1, 0.15) is 5.82 Å². The van der Waals surface area contributed by atoms with Gasteiger partial charge in [0.2, 0.25) is 5.16 Å². The highest BCUT2D eigenvalue weighted by molar-refractivity contribution is 7.94. The van der Waals surface area contributed by atoms with Gasteiger partial charge < -0.3 is 13.7 Å². The van der Waals surface area contributed by atoms with Gasteiger partial charge in [-0.05, 0) is 23.8 Å². The molecule has 6 nitrogen and oxygen atoms in total. The second kappa shape index (κ2) is 9.54. The van der Waals surface area contributed by atoms with Crippen LogP contribution in [-0.4, -0.2) is 33.7 Å². The van der Waals surface area contributed by atoms with Crippen LogP contribution < -0.4 is 4.90 Å². The van der Waals surface area contributed by atoms with Crippen molar-refractivity contribution in [2.75, 3.05) is 19.1 Å². The number of anilines is 2. The van der Waals surface area contributed by atoms with Crippen molar-refractivity contribution in [3.8, 4) is 11.1 Å². The summed E-state index contributed by atoms with van der Waals surface area (Å²) in [6, 6.07) is 16.5. The van der Waals surface area contributed by atoms with Crippen LogP contribution in [0.2, 0.25) is 0 Å². The van der Waals surface area contributed by atoms with Crippen LogP contribution >= 0.6 is 12.0 Å². The average Bonchev–Trinajstić information content (AvgIpc) is 3.16. The first-order chi connectivity index (χ1) is 14.2. The highest BCUT2D eigenvalue weighted by Gasteiger charge is 2.14. The molecule has 0 aliphatic carbocycles. The van der Waals surface area contributed by atoms with Gasteiger partial charge in [0.05, 0.1) is 36.5 Å². The van der Waals surface area contributed by atoms with Gasteiger partial charge in [0, 0.05) is 31.5 Å². The van der Waals surface area contributed by atoms with E-state index >= 15 is 0 Å². The first kappa shape index (κ1) is 20.8. The maximum absolute atomic E-state index is 5.07. The van der Waals surface area contributed by atoms with E-state index in [1.807, 2.05) is 68.0 Å². The van der Waals surface area contributed by atoms with Crippen LogP contribution in [-0.2, 0) is 11.2 Å². The number of hydrogen-bond donors (Lipinski definition) is 0. The van der Waals surface area contributed by atoms with Gasteiger partial charge in [-0.1, -0.05) is 44.2 Å². The molecule has 4 rings (SSSR count). The van der Waals surface area contributed by atoms with E-state index in [9.17, 15) is 0 Å². The Morgan fingerprint density at radius 2 is 1.79 bits per heavy atom. The molecule has 0 saturated carbocycles. The summed E-state index contributed by atoms with van der Waals surface area (Å²) < 4.78 is 7.10. The number of imidazole rings is 1. The van der Waals surface area contributed by atoms with Crippen molar-refractivity contribution in [1.29, 1.82) is 0 Å². The number of rotatable bonds is 5. The molecule has 0 fully saturated rings. The second-order valence-electron chi connectivity index (χ2n) is 6.09. The molecule has 0 aliphatic rings. The minimum atomic E-state index is 0.576. The fraction of sp³-hybridized carbons (Fsp3) is 0.227. The molecule has 4 aromatic rings. The minimum absolute atomic E-state index is 0.576. The van der Waals surface area contributed by atoms with Crippen molar-refractivity contribution in [3.63, 3.8) is 0 Å². The molecule has 0 saturated heterocycles. The molecule has 0 N–H and O–H groups in total. The standard InChI is InChI=1S/C20H19N5OS.C2H6/c1-24-13-22-19-16(14-7-5-4-6-8-14)11-15(12-17(19)24)25(2)18-9-10-21-20(23-18)27-26-3;1-2/h4-13H,1-3H3;1-2H3. The lowest BCUT2D eigenvalue weighted by molar-refractivity contribution is 0.486. The van der Waals surface area contributed by atoms with Gasteiger partial charge in [-0.2, -0.15) is 0 Å². The lowest BCUT2D eigenvalue weighted by Gasteiger charge is -2.20. The highest BCUT2D eigenvalue weighted by Crippen LogP contribution is 2.34. The quantitative estimate of drug-likeness (QED) is 0.323. The van der Waals surface area contributed by atoms with Gasteiger partial charge >= 0.3 is 0 Å². The Morgan fingerprint density at radius 1 is 1.03 bits per heavy atom. The summed E-state index contributed by atoms with van der Waals surface area (Å²) in [6.45, 7) is 4.00. The molecule has 0 radical (unpaired) electrons. The molecule has 2 aromatic carbocycles. The fourth-order valence-corrected chi connectivity index (χ4v) is 3.40. The summed E-state index contributed by atoms with van der Waals surface area (Å²) in [5, 5.41) is 0.576. The molecule has 150 valence electrons. The summed E-state index contributed by atoms with van der Waals surface area (Å²) in [5.74, 6) is 0.796. The van der Waals surface area contributed by atoms with E-state index in [1.165, 1.54) is 0 Å². The first-order valence-electron chi connectivity index (χ1n) is 9.45. The van der Waals surface area contributed by atoms with Gasteiger partial charge in [0.15, 0.2) is 0 Å². The molecule has 0 aliphatic heterocycles. The number of benzene rings is 2. The van der Waals surface area contributed by atoms with Crippen molar-refractivity contribution in [2.45, 2.75) is 19.0 Å². The van der Waals surface area contributed by atoms with Gasteiger partial charge in [0.25, 0.3) is 0 Å². The van der Waals surface area contributed by atoms with Crippen LogP contribution in [0.4, 0.5) is 11.5 Å². The highest BCUT2D eigenvalue weighted by atomic mass is 32.2. The molecular weight excluding hydrogens is 382 g/mol. The maximum atomic E-state index is 5.07. The molecule has 7 heteroatoms. The summed E-state index contributed by atoms with van der Waals surface area (Å²) in [5.41, 5.74) is 5.31. The van der Waals surface area contributed by atoms with Crippen molar-refractivity contribution in [1.82, 2.24) is 19.5 Å². The zero-order chi connectivity index (χ0) is 20.8. The molecule has 0 unspecified atom stereocenters. The van der Waals surface area contributed by atoms with Crippen LogP contribution in [0.15, 0.2) is 66.2 Å². The van der Waals surface area contributed by atoms with E-state index < -0.39 is 0 Å². The summed E-state index contributed by atoms with van der Waals surface area (Å²) in [7, 11) is 5.61. The van der Waals surface area contributed by atoms with Crippen LogP contribution in [0.5, 0.6) is 0 Å². The molecule has 0 bridgehead atoms. The van der Waals surface area contributed by atoms with E-state index in [4.69, 9.17) is 4.18 Å². The van der Waals surface area contributed by atoms with Gasteiger partial charge in [-0.25, -0.2) is 15.0 Å².